The van der Waals surface area contributed by atoms with Gasteiger partial charge in [0.25, 0.3) is 0 Å². The molecule has 0 unspecified atom stereocenters. The van der Waals surface area contributed by atoms with Crippen LogP contribution in [0, 0.1) is 6.92 Å². The van der Waals surface area contributed by atoms with E-state index in [0.717, 1.165) is 18.2 Å². The molecule has 2 rings (SSSR count). The lowest BCUT2D eigenvalue weighted by Crippen LogP contribution is -2.54. The third kappa shape index (κ3) is 3.15. The van der Waals surface area contributed by atoms with Gasteiger partial charge in [-0.2, -0.15) is 4.98 Å². The Bertz CT molecular complexity index is 429. The van der Waals surface area contributed by atoms with Crippen molar-refractivity contribution in [3.8, 4) is 5.88 Å². The second-order valence-electron chi connectivity index (χ2n) is 5.40. The fraction of sp³-hybridized carbons (Fsp3) is 0.714. The average molecular weight is 264 g/mol. The summed E-state index contributed by atoms with van der Waals surface area (Å²) in [6.45, 7) is 5.39. The van der Waals surface area contributed by atoms with Gasteiger partial charge in [-0.15, -0.1) is 0 Å². The van der Waals surface area contributed by atoms with Gasteiger partial charge in [-0.05, 0) is 47.2 Å². The number of aromatic nitrogens is 2. The largest absolute Gasteiger partial charge is 0.478 e. The van der Waals surface area contributed by atoms with Crippen molar-refractivity contribution < 1.29 is 4.74 Å². The zero-order valence-corrected chi connectivity index (χ0v) is 12.4. The molecule has 0 bridgehead atoms. The second kappa shape index (κ2) is 5.74. The summed E-state index contributed by atoms with van der Waals surface area (Å²) in [5.74, 6) is 2.23. The van der Waals surface area contributed by atoms with E-state index in [1.165, 1.54) is 19.3 Å². The minimum absolute atomic E-state index is 0.282. The molecule has 19 heavy (non-hydrogen) atoms. The predicted molar refractivity (Wildman–Crippen MR) is 76.7 cm³/mol. The Morgan fingerprint density at radius 3 is 2.63 bits per heavy atom. The van der Waals surface area contributed by atoms with Crippen molar-refractivity contribution in [2.75, 3.05) is 32.6 Å². The summed E-state index contributed by atoms with van der Waals surface area (Å²) in [7, 11) is 4.30. The van der Waals surface area contributed by atoms with Crippen molar-refractivity contribution in [2.45, 2.75) is 38.6 Å². The van der Waals surface area contributed by atoms with Gasteiger partial charge in [0.1, 0.15) is 11.6 Å². The van der Waals surface area contributed by atoms with Crippen molar-refractivity contribution in [2.24, 2.45) is 0 Å². The number of hydrogen-bond donors (Lipinski definition) is 1. The van der Waals surface area contributed by atoms with E-state index < -0.39 is 0 Å². The number of nitrogens with zero attached hydrogens (tertiary/aromatic N) is 3. The SMILES string of the molecule is CCOc1cc(NCC2(N(C)C)CCC2)nc(C)n1. The van der Waals surface area contributed by atoms with Crippen LogP contribution in [0.4, 0.5) is 5.82 Å². The van der Waals surface area contributed by atoms with Crippen molar-refractivity contribution in [3.63, 3.8) is 0 Å². The Morgan fingerprint density at radius 1 is 1.37 bits per heavy atom. The van der Waals surface area contributed by atoms with E-state index in [1.807, 2.05) is 19.9 Å². The minimum atomic E-state index is 0.282. The Kier molecular flexibility index (Phi) is 4.24. The van der Waals surface area contributed by atoms with Crippen LogP contribution >= 0.6 is 0 Å². The third-order valence-corrected chi connectivity index (χ3v) is 3.94. The highest BCUT2D eigenvalue weighted by Crippen LogP contribution is 2.36. The van der Waals surface area contributed by atoms with E-state index >= 15 is 0 Å². The van der Waals surface area contributed by atoms with Crippen LogP contribution in [0.3, 0.4) is 0 Å². The van der Waals surface area contributed by atoms with Crippen LogP contribution in [0.15, 0.2) is 6.07 Å². The van der Waals surface area contributed by atoms with Crippen LogP contribution in [0.25, 0.3) is 0 Å². The number of anilines is 1. The van der Waals surface area contributed by atoms with Crippen molar-refractivity contribution >= 4 is 5.82 Å². The molecule has 1 aliphatic rings. The van der Waals surface area contributed by atoms with E-state index in [9.17, 15) is 0 Å². The molecule has 1 aromatic rings. The molecule has 106 valence electrons. The molecule has 0 atom stereocenters. The summed E-state index contributed by atoms with van der Waals surface area (Å²) < 4.78 is 5.45. The first kappa shape index (κ1) is 14.1. The molecule has 0 saturated heterocycles. The van der Waals surface area contributed by atoms with Crippen molar-refractivity contribution in [1.29, 1.82) is 0 Å². The van der Waals surface area contributed by atoms with Crippen LogP contribution in [0.2, 0.25) is 0 Å². The summed E-state index contributed by atoms with van der Waals surface area (Å²) in [5.41, 5.74) is 0.282. The maximum Gasteiger partial charge on any atom is 0.218 e. The van der Waals surface area contributed by atoms with Crippen LogP contribution in [-0.2, 0) is 0 Å². The number of hydrogen-bond acceptors (Lipinski definition) is 5. The van der Waals surface area contributed by atoms with Gasteiger partial charge in [0.05, 0.1) is 6.61 Å². The lowest BCUT2D eigenvalue weighted by molar-refractivity contribution is 0.0738. The van der Waals surface area contributed by atoms with Gasteiger partial charge in [0.15, 0.2) is 0 Å². The molecule has 0 radical (unpaired) electrons. The summed E-state index contributed by atoms with van der Waals surface area (Å²) in [6.07, 6.45) is 3.80. The molecule has 0 spiro atoms. The molecule has 0 aromatic carbocycles. The van der Waals surface area contributed by atoms with Crippen LogP contribution in [-0.4, -0.2) is 47.7 Å². The first-order valence-corrected chi connectivity index (χ1v) is 6.95. The molecule has 5 heteroatoms. The van der Waals surface area contributed by atoms with Crippen molar-refractivity contribution in [3.05, 3.63) is 11.9 Å². The summed E-state index contributed by atoms with van der Waals surface area (Å²) in [6, 6.07) is 1.87. The highest BCUT2D eigenvalue weighted by atomic mass is 16.5. The van der Waals surface area contributed by atoms with E-state index in [-0.39, 0.29) is 5.54 Å². The van der Waals surface area contributed by atoms with Crippen LogP contribution in [0.1, 0.15) is 32.0 Å². The number of rotatable bonds is 6. The molecular weight excluding hydrogens is 240 g/mol. The van der Waals surface area contributed by atoms with Gasteiger partial charge in [-0.25, -0.2) is 4.98 Å². The monoisotopic (exact) mass is 264 g/mol. The average Bonchev–Trinajstić information content (AvgIpc) is 2.26. The lowest BCUT2D eigenvalue weighted by atomic mass is 9.75. The highest BCUT2D eigenvalue weighted by molar-refractivity contribution is 5.39. The van der Waals surface area contributed by atoms with Gasteiger partial charge < -0.3 is 15.0 Å². The molecule has 1 N–H and O–H groups in total. The van der Waals surface area contributed by atoms with Gasteiger partial charge >= 0.3 is 0 Å². The van der Waals surface area contributed by atoms with Crippen molar-refractivity contribution in [1.82, 2.24) is 14.9 Å². The highest BCUT2D eigenvalue weighted by Gasteiger charge is 2.38. The topological polar surface area (TPSA) is 50.3 Å². The van der Waals surface area contributed by atoms with E-state index in [0.29, 0.717) is 12.5 Å². The first-order valence-electron chi connectivity index (χ1n) is 6.95. The maximum absolute atomic E-state index is 5.45. The number of nitrogens with one attached hydrogen (secondary N) is 1. The van der Waals surface area contributed by atoms with E-state index in [1.54, 1.807) is 0 Å². The molecule has 1 aromatic heterocycles. The molecule has 1 aliphatic carbocycles. The first-order chi connectivity index (χ1) is 9.05. The standard InChI is InChI=1S/C14H24N4O/c1-5-19-13-9-12(16-11(2)17-13)15-10-14(18(3)4)7-6-8-14/h9H,5-8,10H2,1-4H3,(H,15,16,17). The Hall–Kier alpha value is -1.36. The Morgan fingerprint density at radius 2 is 2.11 bits per heavy atom. The van der Waals surface area contributed by atoms with E-state index in [4.69, 9.17) is 4.74 Å². The van der Waals surface area contributed by atoms with Gasteiger partial charge in [0.2, 0.25) is 5.88 Å². The molecule has 1 heterocycles. The smallest absolute Gasteiger partial charge is 0.218 e. The summed E-state index contributed by atoms with van der Waals surface area (Å²) in [4.78, 5) is 11.0. The normalized spacial score (nSPS) is 17.1. The second-order valence-corrected chi connectivity index (χ2v) is 5.40. The fourth-order valence-electron chi connectivity index (χ4n) is 2.47. The summed E-state index contributed by atoms with van der Waals surface area (Å²) >= 11 is 0. The van der Waals surface area contributed by atoms with Crippen LogP contribution in [0.5, 0.6) is 5.88 Å². The maximum atomic E-state index is 5.45. The number of likely N-dealkylation sites (N-methyl/N-ethyl adjacent to an activating group) is 1. The molecule has 1 saturated carbocycles. The summed E-state index contributed by atoms with van der Waals surface area (Å²) in [5, 5.41) is 3.44. The van der Waals surface area contributed by atoms with Gasteiger partial charge in [0, 0.05) is 18.2 Å². The molecule has 5 nitrogen and oxygen atoms in total. The van der Waals surface area contributed by atoms with E-state index in [2.05, 4.69) is 34.3 Å². The Labute approximate surface area is 115 Å². The number of aryl methyl sites for hydroxylation is 1. The van der Waals surface area contributed by atoms with Gasteiger partial charge in [-0.3, -0.25) is 0 Å². The third-order valence-electron chi connectivity index (χ3n) is 3.94. The quantitative estimate of drug-likeness (QED) is 0.852. The lowest BCUT2D eigenvalue weighted by Gasteiger charge is -2.47. The number of ether oxygens (including phenoxy) is 1. The molecule has 1 fully saturated rings. The zero-order valence-electron chi connectivity index (χ0n) is 12.4. The molecule has 0 amide bonds. The molecular formula is C14H24N4O. The molecule has 0 aliphatic heterocycles. The zero-order chi connectivity index (χ0) is 13.9. The fourth-order valence-corrected chi connectivity index (χ4v) is 2.47. The predicted octanol–water partition coefficient (Wildman–Crippen LogP) is 2.08. The van der Waals surface area contributed by atoms with Gasteiger partial charge in [-0.1, -0.05) is 0 Å². The van der Waals surface area contributed by atoms with Crippen LogP contribution < -0.4 is 10.1 Å². The Balaban J connectivity index is 2.02. The minimum Gasteiger partial charge on any atom is -0.478 e.